The van der Waals surface area contributed by atoms with Crippen LogP contribution in [0.1, 0.15) is 55.1 Å². The Balaban J connectivity index is 1.40. The van der Waals surface area contributed by atoms with Crippen molar-refractivity contribution in [2.75, 3.05) is 10.7 Å². The topological polar surface area (TPSA) is 103 Å². The minimum absolute atomic E-state index is 0.201. The largest absolute Gasteiger partial charge is 0.487 e. The SMILES string of the molecule is CCc1ccc(COc2ccccc2NC2=C(c3ccccc3)C(N)(C3CCC(N)CC3)Nn3ccnc32)cc1. The number of nitrogens with zero attached hydrogens (tertiary/aromatic N) is 2. The molecule has 2 aliphatic rings. The van der Waals surface area contributed by atoms with E-state index in [-0.39, 0.29) is 12.0 Å². The number of hydrogen-bond donors (Lipinski definition) is 4. The zero-order valence-electron chi connectivity index (χ0n) is 23.0. The smallest absolute Gasteiger partial charge is 0.175 e. The van der Waals surface area contributed by atoms with Crippen molar-refractivity contribution < 1.29 is 4.74 Å². The molecule has 7 nitrogen and oxygen atoms in total. The molecular weight excluding hydrogens is 496 g/mol. The third kappa shape index (κ3) is 5.10. The molecule has 0 spiro atoms. The molecule has 1 unspecified atom stereocenters. The molecule has 1 aromatic heterocycles. The maximum Gasteiger partial charge on any atom is 0.175 e. The van der Waals surface area contributed by atoms with E-state index in [1.165, 1.54) is 5.56 Å². The number of nitrogens with one attached hydrogen (secondary N) is 2. The van der Waals surface area contributed by atoms with Gasteiger partial charge < -0.3 is 21.5 Å². The summed E-state index contributed by atoms with van der Waals surface area (Å²) in [6.07, 6.45) is 8.58. The minimum atomic E-state index is -0.825. The molecule has 1 aliphatic carbocycles. The third-order valence-corrected chi connectivity index (χ3v) is 8.28. The normalized spacial score (nSPS) is 22.4. The minimum Gasteiger partial charge on any atom is -0.487 e. The summed E-state index contributed by atoms with van der Waals surface area (Å²) in [6, 6.07) is 27.2. The Bertz CT molecular complexity index is 1470. The highest BCUT2D eigenvalue weighted by Gasteiger charge is 2.46. The average molecular weight is 535 g/mol. The lowest BCUT2D eigenvalue weighted by Gasteiger charge is -2.47. The molecule has 2 heterocycles. The second-order valence-corrected chi connectivity index (χ2v) is 10.9. The Labute approximate surface area is 236 Å². The quantitative estimate of drug-likeness (QED) is 0.230. The van der Waals surface area contributed by atoms with Crippen LogP contribution in [0.3, 0.4) is 0 Å². The maximum absolute atomic E-state index is 7.44. The number of hydrogen-bond acceptors (Lipinski definition) is 6. The lowest BCUT2D eigenvalue weighted by atomic mass is 9.73. The van der Waals surface area contributed by atoms with Gasteiger partial charge in [0.1, 0.15) is 18.0 Å². The number of rotatable bonds is 8. The molecule has 0 amide bonds. The highest BCUT2D eigenvalue weighted by Crippen LogP contribution is 2.45. The molecule has 1 aliphatic heterocycles. The molecule has 1 saturated carbocycles. The predicted molar refractivity (Wildman–Crippen MR) is 162 cm³/mol. The zero-order valence-corrected chi connectivity index (χ0v) is 23.0. The highest BCUT2D eigenvalue weighted by atomic mass is 16.5. The molecule has 0 saturated heterocycles. The number of benzene rings is 3. The van der Waals surface area contributed by atoms with Crippen LogP contribution in [-0.4, -0.2) is 21.4 Å². The summed E-state index contributed by atoms with van der Waals surface area (Å²) in [7, 11) is 0. The van der Waals surface area contributed by atoms with Crippen LogP contribution in [0.4, 0.5) is 5.69 Å². The van der Waals surface area contributed by atoms with Crippen LogP contribution in [0.15, 0.2) is 91.3 Å². The van der Waals surface area contributed by atoms with Gasteiger partial charge in [-0.2, -0.15) is 0 Å². The first-order valence-electron chi connectivity index (χ1n) is 14.3. The molecule has 1 fully saturated rings. The van der Waals surface area contributed by atoms with Crippen molar-refractivity contribution in [3.63, 3.8) is 0 Å². The van der Waals surface area contributed by atoms with Crippen LogP contribution in [0.25, 0.3) is 11.3 Å². The number of imidazole rings is 1. The van der Waals surface area contributed by atoms with Crippen molar-refractivity contribution in [1.29, 1.82) is 0 Å². The first-order chi connectivity index (χ1) is 19.5. The fraction of sp³-hybridized carbons (Fsp3) is 0.303. The van der Waals surface area contributed by atoms with E-state index in [4.69, 9.17) is 21.2 Å². The summed E-state index contributed by atoms with van der Waals surface area (Å²) in [6.45, 7) is 2.64. The molecule has 7 heteroatoms. The third-order valence-electron chi connectivity index (χ3n) is 8.28. The van der Waals surface area contributed by atoms with Crippen molar-refractivity contribution in [3.8, 4) is 5.75 Å². The van der Waals surface area contributed by atoms with Gasteiger partial charge in [-0.25, -0.2) is 9.66 Å². The predicted octanol–water partition coefficient (Wildman–Crippen LogP) is 5.73. The monoisotopic (exact) mass is 534 g/mol. The average Bonchev–Trinajstić information content (AvgIpc) is 3.46. The molecule has 4 aromatic rings. The molecule has 1 atom stereocenters. The summed E-state index contributed by atoms with van der Waals surface area (Å²) >= 11 is 0. The van der Waals surface area contributed by atoms with Gasteiger partial charge in [0, 0.05) is 29.9 Å². The van der Waals surface area contributed by atoms with E-state index in [0.29, 0.717) is 6.61 Å². The zero-order chi connectivity index (χ0) is 27.5. The van der Waals surface area contributed by atoms with E-state index in [2.05, 4.69) is 66.2 Å². The van der Waals surface area contributed by atoms with E-state index in [0.717, 1.165) is 71.8 Å². The van der Waals surface area contributed by atoms with Gasteiger partial charge in [-0.3, -0.25) is 5.43 Å². The molecule has 6 rings (SSSR count). The van der Waals surface area contributed by atoms with E-state index >= 15 is 0 Å². The van der Waals surface area contributed by atoms with E-state index in [9.17, 15) is 0 Å². The van der Waals surface area contributed by atoms with Crippen molar-refractivity contribution in [2.45, 2.75) is 57.3 Å². The van der Waals surface area contributed by atoms with Crippen LogP contribution in [0, 0.1) is 5.92 Å². The van der Waals surface area contributed by atoms with Gasteiger partial charge in [-0.15, -0.1) is 0 Å². The Morgan fingerprint density at radius 2 is 1.65 bits per heavy atom. The van der Waals surface area contributed by atoms with Crippen LogP contribution in [0.2, 0.25) is 0 Å². The fourth-order valence-electron chi connectivity index (χ4n) is 5.99. The van der Waals surface area contributed by atoms with Crippen LogP contribution < -0.4 is 26.9 Å². The molecule has 6 N–H and O–H groups in total. The Morgan fingerprint density at radius 3 is 2.40 bits per heavy atom. The van der Waals surface area contributed by atoms with E-state index < -0.39 is 5.66 Å². The number of para-hydroxylation sites is 2. The summed E-state index contributed by atoms with van der Waals surface area (Å²) in [5, 5.41) is 3.72. The van der Waals surface area contributed by atoms with Crippen LogP contribution in [-0.2, 0) is 13.0 Å². The van der Waals surface area contributed by atoms with Crippen molar-refractivity contribution >= 4 is 17.0 Å². The van der Waals surface area contributed by atoms with Gasteiger partial charge in [0.2, 0.25) is 0 Å². The van der Waals surface area contributed by atoms with Crippen molar-refractivity contribution in [2.24, 2.45) is 17.4 Å². The lowest BCUT2D eigenvalue weighted by molar-refractivity contribution is 0.246. The number of ether oxygens (including phenoxy) is 1. The summed E-state index contributed by atoms with van der Waals surface area (Å²) in [5.74, 6) is 1.75. The van der Waals surface area contributed by atoms with Gasteiger partial charge >= 0.3 is 0 Å². The van der Waals surface area contributed by atoms with Gasteiger partial charge in [0.15, 0.2) is 5.82 Å². The number of fused-ring (bicyclic) bond motifs is 1. The number of nitrogens with two attached hydrogens (primary N) is 2. The summed E-state index contributed by atoms with van der Waals surface area (Å²) < 4.78 is 8.30. The molecule has 206 valence electrons. The van der Waals surface area contributed by atoms with Crippen molar-refractivity contribution in [3.05, 3.63) is 114 Å². The van der Waals surface area contributed by atoms with E-state index in [1.807, 2.05) is 41.2 Å². The molecule has 0 radical (unpaired) electrons. The van der Waals surface area contributed by atoms with E-state index in [1.54, 1.807) is 6.20 Å². The summed E-state index contributed by atoms with van der Waals surface area (Å²) in [4.78, 5) is 4.74. The number of aromatic nitrogens is 2. The van der Waals surface area contributed by atoms with Gasteiger partial charge in [-0.1, -0.05) is 73.7 Å². The van der Waals surface area contributed by atoms with Gasteiger partial charge in [0.25, 0.3) is 0 Å². The Kier molecular flexibility index (Phi) is 7.32. The van der Waals surface area contributed by atoms with Gasteiger partial charge in [-0.05, 0) is 60.9 Å². The second-order valence-electron chi connectivity index (χ2n) is 10.9. The Morgan fingerprint density at radius 1 is 0.950 bits per heavy atom. The van der Waals surface area contributed by atoms with Crippen LogP contribution >= 0.6 is 0 Å². The van der Waals surface area contributed by atoms with Gasteiger partial charge in [0.05, 0.1) is 11.4 Å². The Hall–Kier alpha value is -4.07. The molecular formula is C33H38N6O. The highest BCUT2D eigenvalue weighted by molar-refractivity contribution is 6.00. The maximum atomic E-state index is 7.44. The fourth-order valence-corrected chi connectivity index (χ4v) is 5.99. The molecule has 0 bridgehead atoms. The summed E-state index contributed by atoms with van der Waals surface area (Å²) in [5.41, 5.74) is 22.8. The first kappa shape index (κ1) is 26.2. The standard InChI is InChI=1S/C33H38N6O/c1-2-23-12-14-24(15-13-23)22-40-29-11-7-6-10-28(29)37-31-30(25-8-4-3-5-9-25)33(35,26-16-18-27(34)19-17-26)38-39-21-20-36-32(31)39/h3-15,20-21,26-27,37-38H,2,16-19,22,34-35H2,1H3. The second kappa shape index (κ2) is 11.2. The number of anilines is 1. The molecule has 40 heavy (non-hydrogen) atoms. The first-order valence-corrected chi connectivity index (χ1v) is 14.3. The molecule has 3 aromatic carbocycles. The van der Waals surface area contributed by atoms with Crippen molar-refractivity contribution in [1.82, 2.24) is 9.66 Å². The van der Waals surface area contributed by atoms with Crippen LogP contribution in [0.5, 0.6) is 5.75 Å². The lowest BCUT2D eigenvalue weighted by Crippen LogP contribution is -2.61. The number of aryl methyl sites for hydroxylation is 1.